The van der Waals surface area contributed by atoms with Crippen LogP contribution in [0.2, 0.25) is 0 Å². The highest BCUT2D eigenvalue weighted by Crippen LogP contribution is 2.20. The van der Waals surface area contributed by atoms with E-state index in [-0.39, 0.29) is 5.54 Å². The molecular formula is C12H21N3. The number of fused-ring (bicyclic) bond motifs is 1. The topological polar surface area (TPSA) is 21.1 Å². The minimum absolute atomic E-state index is 0.102. The van der Waals surface area contributed by atoms with Crippen LogP contribution >= 0.6 is 0 Å². The third-order valence-corrected chi connectivity index (χ3v) is 2.96. The standard InChI is InChI=1S/C12H21N3/c1-12(2,3)15-9-10-8-14(4)7-5-6-11(10)13-15/h9H,5-8H2,1-4H3. The number of aromatic nitrogens is 2. The Labute approximate surface area is 92.1 Å². The Morgan fingerprint density at radius 3 is 2.73 bits per heavy atom. The fraction of sp³-hybridized carbons (Fsp3) is 0.750. The molecule has 0 amide bonds. The maximum atomic E-state index is 4.71. The normalized spacial score (nSPS) is 18.7. The zero-order valence-electron chi connectivity index (χ0n) is 10.2. The molecule has 0 saturated carbocycles. The molecule has 0 aromatic carbocycles. The lowest BCUT2D eigenvalue weighted by atomic mass is 10.1. The van der Waals surface area contributed by atoms with Gasteiger partial charge >= 0.3 is 0 Å². The zero-order chi connectivity index (χ0) is 11.1. The van der Waals surface area contributed by atoms with Crippen molar-refractivity contribution in [1.82, 2.24) is 14.7 Å². The van der Waals surface area contributed by atoms with E-state index in [1.165, 1.54) is 24.2 Å². The van der Waals surface area contributed by atoms with Gasteiger partial charge in [-0.05, 0) is 47.2 Å². The number of hydrogen-bond acceptors (Lipinski definition) is 2. The molecule has 1 aromatic rings. The Hall–Kier alpha value is -0.830. The first-order valence-corrected chi connectivity index (χ1v) is 5.73. The molecule has 0 radical (unpaired) electrons. The second-order valence-electron chi connectivity index (χ2n) is 5.56. The zero-order valence-corrected chi connectivity index (χ0v) is 10.2. The number of nitrogens with zero attached hydrogens (tertiary/aromatic N) is 3. The van der Waals surface area contributed by atoms with Crippen molar-refractivity contribution in [3.63, 3.8) is 0 Å². The molecule has 0 bridgehead atoms. The fourth-order valence-corrected chi connectivity index (χ4v) is 2.02. The number of aryl methyl sites for hydroxylation is 1. The van der Waals surface area contributed by atoms with Crippen LogP contribution in [0.4, 0.5) is 0 Å². The second-order valence-corrected chi connectivity index (χ2v) is 5.56. The van der Waals surface area contributed by atoms with Gasteiger partial charge in [-0.3, -0.25) is 4.68 Å². The van der Waals surface area contributed by atoms with E-state index in [0.29, 0.717) is 0 Å². The molecule has 15 heavy (non-hydrogen) atoms. The summed E-state index contributed by atoms with van der Waals surface area (Å²) in [7, 11) is 2.18. The molecule has 0 fully saturated rings. The van der Waals surface area contributed by atoms with Crippen molar-refractivity contribution < 1.29 is 0 Å². The Morgan fingerprint density at radius 2 is 2.07 bits per heavy atom. The molecule has 0 saturated heterocycles. The maximum Gasteiger partial charge on any atom is 0.0670 e. The molecule has 1 aromatic heterocycles. The van der Waals surface area contributed by atoms with E-state index in [1.54, 1.807) is 0 Å². The van der Waals surface area contributed by atoms with E-state index < -0.39 is 0 Å². The Balaban J connectivity index is 2.31. The van der Waals surface area contributed by atoms with Crippen LogP contribution in [0.1, 0.15) is 38.4 Å². The third kappa shape index (κ3) is 2.23. The summed E-state index contributed by atoms with van der Waals surface area (Å²) >= 11 is 0. The highest BCUT2D eigenvalue weighted by molar-refractivity contribution is 5.19. The smallest absolute Gasteiger partial charge is 0.0670 e. The van der Waals surface area contributed by atoms with Gasteiger partial charge in [-0.25, -0.2) is 0 Å². The molecule has 0 spiro atoms. The van der Waals surface area contributed by atoms with Gasteiger partial charge in [0.2, 0.25) is 0 Å². The van der Waals surface area contributed by atoms with E-state index >= 15 is 0 Å². The quantitative estimate of drug-likeness (QED) is 0.649. The number of hydrogen-bond donors (Lipinski definition) is 0. The summed E-state index contributed by atoms with van der Waals surface area (Å²) in [5.74, 6) is 0. The van der Waals surface area contributed by atoms with Crippen molar-refractivity contribution in [3.8, 4) is 0 Å². The molecule has 84 valence electrons. The van der Waals surface area contributed by atoms with E-state index in [4.69, 9.17) is 5.10 Å². The van der Waals surface area contributed by atoms with Crippen molar-refractivity contribution in [2.75, 3.05) is 13.6 Å². The first-order valence-electron chi connectivity index (χ1n) is 5.73. The van der Waals surface area contributed by atoms with Gasteiger partial charge in [-0.1, -0.05) is 0 Å². The lowest BCUT2D eigenvalue weighted by Gasteiger charge is -2.19. The van der Waals surface area contributed by atoms with Crippen LogP contribution in [0.3, 0.4) is 0 Å². The van der Waals surface area contributed by atoms with Gasteiger partial charge in [0.25, 0.3) is 0 Å². The molecular weight excluding hydrogens is 186 g/mol. The maximum absolute atomic E-state index is 4.71. The van der Waals surface area contributed by atoms with Crippen molar-refractivity contribution >= 4 is 0 Å². The molecule has 2 heterocycles. The molecule has 0 unspecified atom stereocenters. The molecule has 1 aliphatic rings. The summed E-state index contributed by atoms with van der Waals surface area (Å²) in [6.07, 6.45) is 4.57. The average Bonchev–Trinajstić information content (AvgIpc) is 2.41. The minimum atomic E-state index is 0.102. The molecule has 0 atom stereocenters. The highest BCUT2D eigenvalue weighted by atomic mass is 15.3. The van der Waals surface area contributed by atoms with Gasteiger partial charge in [-0.15, -0.1) is 0 Å². The lowest BCUT2D eigenvalue weighted by molar-refractivity contribution is 0.324. The van der Waals surface area contributed by atoms with Crippen molar-refractivity contribution in [1.29, 1.82) is 0 Å². The van der Waals surface area contributed by atoms with E-state index in [0.717, 1.165) is 13.0 Å². The van der Waals surface area contributed by atoms with Gasteiger partial charge < -0.3 is 4.90 Å². The van der Waals surface area contributed by atoms with Crippen LogP contribution in [-0.2, 0) is 18.5 Å². The summed E-state index contributed by atoms with van der Waals surface area (Å²) in [5, 5.41) is 4.71. The summed E-state index contributed by atoms with van der Waals surface area (Å²) in [4.78, 5) is 2.38. The SMILES string of the molecule is CN1CCCc2nn(C(C)(C)C)cc2C1. The minimum Gasteiger partial charge on any atom is -0.302 e. The molecule has 0 N–H and O–H groups in total. The van der Waals surface area contributed by atoms with Crippen molar-refractivity contribution in [2.45, 2.75) is 45.7 Å². The van der Waals surface area contributed by atoms with Gasteiger partial charge in [0.05, 0.1) is 11.2 Å². The van der Waals surface area contributed by atoms with Crippen LogP contribution < -0.4 is 0 Å². The van der Waals surface area contributed by atoms with Crippen LogP contribution in [0, 0.1) is 0 Å². The molecule has 0 aliphatic carbocycles. The Kier molecular flexibility index (Phi) is 2.59. The fourth-order valence-electron chi connectivity index (χ4n) is 2.02. The van der Waals surface area contributed by atoms with Crippen LogP contribution in [-0.4, -0.2) is 28.3 Å². The van der Waals surface area contributed by atoms with Gasteiger partial charge in [0.15, 0.2) is 0 Å². The lowest BCUT2D eigenvalue weighted by Crippen LogP contribution is -2.23. The number of rotatable bonds is 0. The summed E-state index contributed by atoms with van der Waals surface area (Å²) in [6.45, 7) is 8.83. The van der Waals surface area contributed by atoms with Crippen LogP contribution in [0.25, 0.3) is 0 Å². The van der Waals surface area contributed by atoms with Gasteiger partial charge in [-0.2, -0.15) is 5.10 Å². The summed E-state index contributed by atoms with van der Waals surface area (Å²) in [5.41, 5.74) is 2.81. The highest BCUT2D eigenvalue weighted by Gasteiger charge is 2.20. The average molecular weight is 207 g/mol. The predicted octanol–water partition coefficient (Wildman–Crippen LogP) is 2.02. The third-order valence-electron chi connectivity index (χ3n) is 2.96. The monoisotopic (exact) mass is 207 g/mol. The largest absolute Gasteiger partial charge is 0.302 e. The Morgan fingerprint density at radius 1 is 1.33 bits per heavy atom. The summed E-state index contributed by atoms with van der Waals surface area (Å²) < 4.78 is 2.11. The van der Waals surface area contributed by atoms with Crippen molar-refractivity contribution in [2.24, 2.45) is 0 Å². The predicted molar refractivity (Wildman–Crippen MR) is 61.9 cm³/mol. The molecule has 3 heteroatoms. The summed E-state index contributed by atoms with van der Waals surface area (Å²) in [6, 6.07) is 0. The van der Waals surface area contributed by atoms with E-state index in [9.17, 15) is 0 Å². The molecule has 3 nitrogen and oxygen atoms in total. The van der Waals surface area contributed by atoms with Gasteiger partial charge in [0.1, 0.15) is 0 Å². The van der Waals surface area contributed by atoms with Gasteiger partial charge in [0, 0.05) is 18.3 Å². The first kappa shape index (κ1) is 10.7. The van der Waals surface area contributed by atoms with E-state index in [1.807, 2.05) is 0 Å². The van der Waals surface area contributed by atoms with Crippen molar-refractivity contribution in [3.05, 3.63) is 17.5 Å². The Bertz CT molecular complexity index is 346. The molecule has 1 aliphatic heterocycles. The molecule has 2 rings (SSSR count). The van der Waals surface area contributed by atoms with E-state index in [2.05, 4.69) is 43.6 Å². The van der Waals surface area contributed by atoms with Crippen LogP contribution in [0.5, 0.6) is 0 Å². The van der Waals surface area contributed by atoms with Crippen LogP contribution in [0.15, 0.2) is 6.20 Å². The second kappa shape index (κ2) is 3.63. The first-order chi connectivity index (χ1) is 6.97.